The SMILES string of the molecule is CC(C)(C)OC(=O)N1CC2(CO)CC1(C)CO2. The molecular formula is C12H21NO4. The lowest BCUT2D eigenvalue weighted by molar-refractivity contribution is -0.0876. The van der Waals surface area contributed by atoms with E-state index in [2.05, 4.69) is 0 Å². The average Bonchev–Trinajstić information content (AvgIpc) is 2.66. The number of ether oxygens (including phenoxy) is 2. The fraction of sp³-hybridized carbons (Fsp3) is 0.917. The van der Waals surface area contributed by atoms with Crippen molar-refractivity contribution in [3.05, 3.63) is 0 Å². The molecule has 0 saturated carbocycles. The van der Waals surface area contributed by atoms with Gasteiger partial charge in [-0.25, -0.2) is 4.79 Å². The molecule has 17 heavy (non-hydrogen) atoms. The fourth-order valence-electron chi connectivity index (χ4n) is 2.61. The van der Waals surface area contributed by atoms with E-state index in [1.165, 1.54) is 0 Å². The van der Waals surface area contributed by atoms with Crippen molar-refractivity contribution in [1.82, 2.24) is 4.90 Å². The summed E-state index contributed by atoms with van der Waals surface area (Å²) in [5.41, 5.74) is -1.42. The molecule has 1 amide bonds. The van der Waals surface area contributed by atoms with Crippen LogP contribution in [-0.4, -0.2) is 52.6 Å². The van der Waals surface area contributed by atoms with Crippen molar-refractivity contribution in [3.63, 3.8) is 0 Å². The van der Waals surface area contributed by atoms with Crippen molar-refractivity contribution < 1.29 is 19.4 Å². The summed E-state index contributed by atoms with van der Waals surface area (Å²) in [5, 5.41) is 9.39. The first-order chi connectivity index (χ1) is 7.70. The highest BCUT2D eigenvalue weighted by Crippen LogP contribution is 2.45. The Balaban J connectivity index is 2.12. The summed E-state index contributed by atoms with van der Waals surface area (Å²) in [6.45, 7) is 8.34. The smallest absolute Gasteiger partial charge is 0.410 e. The van der Waals surface area contributed by atoms with E-state index in [9.17, 15) is 9.90 Å². The predicted octanol–water partition coefficient (Wildman–Crippen LogP) is 1.15. The van der Waals surface area contributed by atoms with Gasteiger partial charge in [-0.15, -0.1) is 0 Å². The lowest BCUT2D eigenvalue weighted by Crippen LogP contribution is -2.53. The van der Waals surface area contributed by atoms with Crippen molar-refractivity contribution in [2.24, 2.45) is 0 Å². The minimum atomic E-state index is -0.578. The Morgan fingerprint density at radius 2 is 2.18 bits per heavy atom. The Bertz CT molecular complexity index is 338. The monoisotopic (exact) mass is 243 g/mol. The number of amides is 1. The summed E-state index contributed by atoms with van der Waals surface area (Å²) in [5.74, 6) is 0. The zero-order chi connectivity index (χ0) is 12.9. The molecular weight excluding hydrogens is 222 g/mol. The van der Waals surface area contributed by atoms with Crippen LogP contribution in [0.2, 0.25) is 0 Å². The number of carbonyl (C=O) groups excluding carboxylic acids is 1. The van der Waals surface area contributed by atoms with E-state index in [1.54, 1.807) is 4.90 Å². The second-order valence-corrected chi connectivity index (χ2v) is 6.37. The standard InChI is InChI=1S/C12H21NO4/c1-10(2,3)17-9(15)13-6-12(7-14)5-11(13,4)8-16-12/h14H,5-8H2,1-4H3. The maximum absolute atomic E-state index is 12.1. The third-order valence-corrected chi connectivity index (χ3v) is 3.39. The molecule has 2 aliphatic rings. The number of fused-ring (bicyclic) bond motifs is 2. The summed E-state index contributed by atoms with van der Waals surface area (Å²) in [7, 11) is 0. The third-order valence-electron chi connectivity index (χ3n) is 3.39. The van der Waals surface area contributed by atoms with Crippen LogP contribution >= 0.6 is 0 Å². The molecule has 2 unspecified atom stereocenters. The van der Waals surface area contributed by atoms with E-state index in [4.69, 9.17) is 9.47 Å². The van der Waals surface area contributed by atoms with Crippen LogP contribution in [0.25, 0.3) is 0 Å². The van der Waals surface area contributed by atoms with Gasteiger partial charge in [0, 0.05) is 6.42 Å². The molecule has 0 aliphatic carbocycles. The van der Waals surface area contributed by atoms with Crippen molar-refractivity contribution in [1.29, 1.82) is 0 Å². The van der Waals surface area contributed by atoms with Crippen LogP contribution in [0.15, 0.2) is 0 Å². The van der Waals surface area contributed by atoms with Crippen LogP contribution < -0.4 is 0 Å². The minimum absolute atomic E-state index is 0.0537. The summed E-state index contributed by atoms with van der Waals surface area (Å²) in [6, 6.07) is 0. The summed E-state index contributed by atoms with van der Waals surface area (Å²) >= 11 is 0. The van der Waals surface area contributed by atoms with Gasteiger partial charge < -0.3 is 14.6 Å². The molecule has 98 valence electrons. The van der Waals surface area contributed by atoms with Crippen molar-refractivity contribution in [3.8, 4) is 0 Å². The molecule has 5 nitrogen and oxygen atoms in total. The minimum Gasteiger partial charge on any atom is -0.444 e. The highest BCUT2D eigenvalue weighted by molar-refractivity contribution is 5.70. The molecule has 2 bridgehead atoms. The molecule has 0 aromatic carbocycles. The lowest BCUT2D eigenvalue weighted by Gasteiger charge is -2.37. The normalized spacial score (nSPS) is 36.4. The van der Waals surface area contributed by atoms with Crippen LogP contribution in [0.4, 0.5) is 4.79 Å². The Hall–Kier alpha value is -0.810. The zero-order valence-corrected chi connectivity index (χ0v) is 10.9. The van der Waals surface area contributed by atoms with Gasteiger partial charge in [-0.05, 0) is 27.7 Å². The molecule has 0 radical (unpaired) electrons. The number of aliphatic hydroxyl groups excluding tert-OH is 1. The molecule has 1 N–H and O–H groups in total. The Morgan fingerprint density at radius 1 is 1.53 bits per heavy atom. The number of aliphatic hydroxyl groups is 1. The second-order valence-electron chi connectivity index (χ2n) is 6.37. The topological polar surface area (TPSA) is 59.0 Å². The molecule has 0 aromatic heterocycles. The first-order valence-electron chi connectivity index (χ1n) is 5.95. The predicted molar refractivity (Wildman–Crippen MR) is 61.7 cm³/mol. The first kappa shape index (κ1) is 12.6. The maximum atomic E-state index is 12.1. The Morgan fingerprint density at radius 3 is 2.65 bits per heavy atom. The molecule has 5 heteroatoms. The number of likely N-dealkylation sites (tertiary alicyclic amines) is 1. The van der Waals surface area contributed by atoms with E-state index in [0.29, 0.717) is 19.6 Å². The first-order valence-corrected chi connectivity index (χ1v) is 5.95. The number of rotatable bonds is 1. The van der Waals surface area contributed by atoms with Gasteiger partial charge in [0.15, 0.2) is 0 Å². The maximum Gasteiger partial charge on any atom is 0.410 e. The average molecular weight is 243 g/mol. The van der Waals surface area contributed by atoms with Gasteiger partial charge in [0.25, 0.3) is 0 Å². The number of carbonyl (C=O) groups is 1. The van der Waals surface area contributed by atoms with Crippen LogP contribution in [0.1, 0.15) is 34.1 Å². The molecule has 2 atom stereocenters. The lowest BCUT2D eigenvalue weighted by atomic mass is 9.97. The van der Waals surface area contributed by atoms with E-state index in [-0.39, 0.29) is 18.2 Å². The van der Waals surface area contributed by atoms with E-state index < -0.39 is 11.2 Å². The van der Waals surface area contributed by atoms with Crippen molar-refractivity contribution in [2.75, 3.05) is 19.8 Å². The number of hydrogen-bond donors (Lipinski definition) is 1. The molecule has 0 spiro atoms. The highest BCUT2D eigenvalue weighted by Gasteiger charge is 2.60. The third kappa shape index (κ3) is 2.13. The summed E-state index contributed by atoms with van der Waals surface area (Å²) in [6.07, 6.45) is 0.356. The number of nitrogens with zero attached hydrogens (tertiary/aromatic N) is 1. The van der Waals surface area contributed by atoms with Crippen molar-refractivity contribution in [2.45, 2.75) is 50.9 Å². The van der Waals surface area contributed by atoms with E-state index >= 15 is 0 Å². The largest absolute Gasteiger partial charge is 0.444 e. The molecule has 2 heterocycles. The van der Waals surface area contributed by atoms with Gasteiger partial charge in [-0.2, -0.15) is 0 Å². The van der Waals surface area contributed by atoms with Crippen molar-refractivity contribution >= 4 is 6.09 Å². The van der Waals surface area contributed by atoms with Crippen LogP contribution in [0.5, 0.6) is 0 Å². The molecule has 2 saturated heterocycles. The highest BCUT2D eigenvalue weighted by atomic mass is 16.6. The molecule has 2 fully saturated rings. The Kier molecular flexibility index (Phi) is 2.67. The van der Waals surface area contributed by atoms with E-state index in [1.807, 2.05) is 27.7 Å². The quantitative estimate of drug-likeness (QED) is 0.750. The summed E-state index contributed by atoms with van der Waals surface area (Å²) < 4.78 is 11.0. The van der Waals surface area contributed by atoms with Crippen LogP contribution in [-0.2, 0) is 9.47 Å². The van der Waals surface area contributed by atoms with E-state index in [0.717, 1.165) is 0 Å². The number of hydrogen-bond acceptors (Lipinski definition) is 4. The second kappa shape index (κ2) is 3.59. The zero-order valence-electron chi connectivity index (χ0n) is 10.9. The summed E-state index contributed by atoms with van der Waals surface area (Å²) in [4.78, 5) is 13.8. The molecule has 0 aromatic rings. The van der Waals surface area contributed by atoms with Gasteiger partial charge in [0.05, 0.1) is 25.3 Å². The van der Waals surface area contributed by atoms with Gasteiger partial charge in [-0.3, -0.25) is 4.90 Å². The van der Waals surface area contributed by atoms with Gasteiger partial charge in [0.2, 0.25) is 0 Å². The molecule has 2 rings (SSSR count). The Labute approximate surface area is 102 Å². The van der Waals surface area contributed by atoms with Crippen LogP contribution in [0, 0.1) is 0 Å². The molecule has 2 aliphatic heterocycles. The van der Waals surface area contributed by atoms with Gasteiger partial charge >= 0.3 is 6.09 Å². The van der Waals surface area contributed by atoms with Gasteiger partial charge in [-0.1, -0.05) is 0 Å². The van der Waals surface area contributed by atoms with Gasteiger partial charge in [0.1, 0.15) is 11.2 Å². The number of morpholine rings is 1. The van der Waals surface area contributed by atoms with Crippen LogP contribution in [0.3, 0.4) is 0 Å². The fourth-order valence-corrected chi connectivity index (χ4v) is 2.61.